The van der Waals surface area contributed by atoms with Crippen molar-refractivity contribution in [3.63, 3.8) is 0 Å². The number of nitro groups is 1. The molecule has 0 aliphatic heterocycles. The SMILES string of the molecule is C=CCOc1cnc(N(C)Cc2cnc(Br)s2)c([N+](=O)[O-])c1. The van der Waals surface area contributed by atoms with Crippen LogP contribution in [-0.2, 0) is 6.54 Å². The maximum Gasteiger partial charge on any atom is 0.315 e. The summed E-state index contributed by atoms with van der Waals surface area (Å²) in [7, 11) is 1.74. The zero-order valence-electron chi connectivity index (χ0n) is 11.7. The van der Waals surface area contributed by atoms with Gasteiger partial charge in [-0.1, -0.05) is 12.7 Å². The molecule has 116 valence electrons. The molecule has 0 atom stereocenters. The Labute approximate surface area is 139 Å². The van der Waals surface area contributed by atoms with E-state index in [1.165, 1.54) is 23.6 Å². The molecule has 0 unspecified atom stereocenters. The van der Waals surface area contributed by atoms with Crippen LogP contribution in [0.1, 0.15) is 4.88 Å². The van der Waals surface area contributed by atoms with Gasteiger partial charge in [-0.3, -0.25) is 10.1 Å². The quantitative estimate of drug-likeness (QED) is 0.413. The first-order valence-electron chi connectivity index (χ1n) is 6.20. The average Bonchev–Trinajstić information content (AvgIpc) is 2.89. The number of anilines is 1. The summed E-state index contributed by atoms with van der Waals surface area (Å²) in [5.41, 5.74) is -0.104. The van der Waals surface area contributed by atoms with Crippen LogP contribution < -0.4 is 9.64 Å². The molecule has 7 nitrogen and oxygen atoms in total. The highest BCUT2D eigenvalue weighted by Crippen LogP contribution is 2.30. The molecule has 2 aromatic rings. The fraction of sp³-hybridized carbons (Fsp3) is 0.231. The second-order valence-electron chi connectivity index (χ2n) is 4.31. The van der Waals surface area contributed by atoms with Crippen molar-refractivity contribution in [1.82, 2.24) is 9.97 Å². The molecule has 0 fully saturated rings. The molecule has 0 N–H and O–H groups in total. The number of halogens is 1. The minimum atomic E-state index is -0.470. The predicted octanol–water partition coefficient (Wildman–Crippen LogP) is 3.41. The zero-order valence-corrected chi connectivity index (χ0v) is 14.1. The minimum Gasteiger partial charge on any atom is -0.488 e. The maximum absolute atomic E-state index is 11.3. The molecule has 0 aliphatic rings. The Hall–Kier alpha value is -2.00. The van der Waals surface area contributed by atoms with Crippen LogP contribution in [0, 0.1) is 10.1 Å². The standard InChI is InChI=1S/C13H13BrN4O3S/c1-3-4-21-9-5-11(18(19)20)12(15-6-9)17(2)8-10-7-16-13(14)22-10/h3,5-7H,1,4,8H2,2H3. The fourth-order valence-corrected chi connectivity index (χ4v) is 3.17. The number of hydrogen-bond acceptors (Lipinski definition) is 7. The van der Waals surface area contributed by atoms with E-state index in [2.05, 4.69) is 32.5 Å². The van der Waals surface area contributed by atoms with Gasteiger partial charge >= 0.3 is 5.69 Å². The third-order valence-corrected chi connectivity index (χ3v) is 4.13. The topological polar surface area (TPSA) is 81.4 Å². The van der Waals surface area contributed by atoms with Crippen molar-refractivity contribution < 1.29 is 9.66 Å². The lowest BCUT2D eigenvalue weighted by molar-refractivity contribution is -0.384. The van der Waals surface area contributed by atoms with Gasteiger partial charge in [0.1, 0.15) is 12.4 Å². The largest absolute Gasteiger partial charge is 0.488 e. The maximum atomic E-state index is 11.3. The van der Waals surface area contributed by atoms with Gasteiger partial charge in [0.25, 0.3) is 0 Å². The van der Waals surface area contributed by atoms with Crippen LogP contribution in [0.3, 0.4) is 0 Å². The van der Waals surface area contributed by atoms with Gasteiger partial charge in [0.2, 0.25) is 5.82 Å². The Balaban J connectivity index is 2.24. The third kappa shape index (κ3) is 4.01. The van der Waals surface area contributed by atoms with Crippen molar-refractivity contribution in [3.05, 3.63) is 50.0 Å². The van der Waals surface area contributed by atoms with E-state index in [1.54, 1.807) is 24.2 Å². The Morgan fingerprint density at radius 2 is 2.32 bits per heavy atom. The molecule has 0 aromatic carbocycles. The molecule has 2 rings (SSSR count). The smallest absolute Gasteiger partial charge is 0.315 e. The highest BCUT2D eigenvalue weighted by molar-refractivity contribution is 9.11. The van der Waals surface area contributed by atoms with Crippen LogP contribution in [0.4, 0.5) is 11.5 Å². The number of ether oxygens (including phenoxy) is 1. The van der Waals surface area contributed by atoms with Crippen molar-refractivity contribution >= 4 is 38.8 Å². The minimum absolute atomic E-state index is 0.104. The van der Waals surface area contributed by atoms with E-state index in [1.807, 2.05) is 0 Å². The Bertz CT molecular complexity index is 692. The number of thiazole rings is 1. The molecule has 0 saturated heterocycles. The third-order valence-electron chi connectivity index (χ3n) is 2.67. The second kappa shape index (κ2) is 7.32. The molecule has 2 aromatic heterocycles. The van der Waals surface area contributed by atoms with E-state index in [0.29, 0.717) is 12.3 Å². The molecule has 0 amide bonds. The van der Waals surface area contributed by atoms with Gasteiger partial charge < -0.3 is 9.64 Å². The van der Waals surface area contributed by atoms with Crippen LogP contribution in [0.5, 0.6) is 5.75 Å². The van der Waals surface area contributed by atoms with Crippen LogP contribution >= 0.6 is 27.3 Å². The lowest BCUT2D eigenvalue weighted by Gasteiger charge is -2.17. The summed E-state index contributed by atoms with van der Waals surface area (Å²) in [6, 6.07) is 1.37. The summed E-state index contributed by atoms with van der Waals surface area (Å²) in [5, 5.41) is 11.3. The van der Waals surface area contributed by atoms with Gasteiger partial charge in [-0.2, -0.15) is 0 Å². The number of aromatic nitrogens is 2. The molecule has 0 aliphatic carbocycles. The molecule has 9 heteroatoms. The monoisotopic (exact) mass is 384 g/mol. The highest BCUT2D eigenvalue weighted by atomic mass is 79.9. The van der Waals surface area contributed by atoms with Crippen molar-refractivity contribution in [2.75, 3.05) is 18.6 Å². The molecule has 0 radical (unpaired) electrons. The number of rotatable bonds is 7. The van der Waals surface area contributed by atoms with Crippen LogP contribution in [0.2, 0.25) is 0 Å². The zero-order chi connectivity index (χ0) is 16.1. The molecule has 0 bridgehead atoms. The molecular weight excluding hydrogens is 372 g/mol. The number of pyridine rings is 1. The lowest BCUT2D eigenvalue weighted by Crippen LogP contribution is -2.18. The molecule has 22 heavy (non-hydrogen) atoms. The lowest BCUT2D eigenvalue weighted by atomic mass is 10.3. The highest BCUT2D eigenvalue weighted by Gasteiger charge is 2.21. The van der Waals surface area contributed by atoms with Crippen LogP contribution in [0.15, 0.2) is 35.0 Å². The summed E-state index contributed by atoms with van der Waals surface area (Å²) in [6.45, 7) is 4.27. The van der Waals surface area contributed by atoms with Gasteiger partial charge in [-0.15, -0.1) is 11.3 Å². The first-order chi connectivity index (χ1) is 10.5. The van der Waals surface area contributed by atoms with Gasteiger partial charge in [0.15, 0.2) is 3.92 Å². The molecular formula is C13H13BrN4O3S. The van der Waals surface area contributed by atoms with Crippen molar-refractivity contribution in [1.29, 1.82) is 0 Å². The van der Waals surface area contributed by atoms with Crippen LogP contribution in [-0.4, -0.2) is 28.5 Å². The summed E-state index contributed by atoms with van der Waals surface area (Å²) >= 11 is 4.76. The normalized spacial score (nSPS) is 10.3. The van der Waals surface area contributed by atoms with Crippen molar-refractivity contribution in [3.8, 4) is 5.75 Å². The predicted molar refractivity (Wildman–Crippen MR) is 88.5 cm³/mol. The molecule has 2 heterocycles. The number of hydrogen-bond donors (Lipinski definition) is 0. The summed E-state index contributed by atoms with van der Waals surface area (Å²) < 4.78 is 6.05. The van der Waals surface area contributed by atoms with Crippen molar-refractivity contribution in [2.24, 2.45) is 0 Å². The van der Waals surface area contributed by atoms with Gasteiger partial charge in [-0.25, -0.2) is 9.97 Å². The van der Waals surface area contributed by atoms with E-state index in [-0.39, 0.29) is 18.1 Å². The Morgan fingerprint density at radius 1 is 1.55 bits per heavy atom. The fourth-order valence-electron chi connectivity index (χ4n) is 1.76. The summed E-state index contributed by atoms with van der Waals surface area (Å²) in [5.74, 6) is 0.616. The summed E-state index contributed by atoms with van der Waals surface area (Å²) in [6.07, 6.45) is 4.75. The average molecular weight is 385 g/mol. The summed E-state index contributed by atoms with van der Waals surface area (Å²) in [4.78, 5) is 21.7. The second-order valence-corrected chi connectivity index (χ2v) is 6.70. The van der Waals surface area contributed by atoms with Crippen molar-refractivity contribution in [2.45, 2.75) is 6.54 Å². The van der Waals surface area contributed by atoms with Gasteiger partial charge in [0, 0.05) is 18.1 Å². The Kier molecular flexibility index (Phi) is 5.45. The van der Waals surface area contributed by atoms with E-state index in [4.69, 9.17) is 4.74 Å². The van der Waals surface area contributed by atoms with E-state index >= 15 is 0 Å². The first kappa shape index (κ1) is 16.4. The number of nitrogens with zero attached hydrogens (tertiary/aromatic N) is 4. The van der Waals surface area contributed by atoms with E-state index in [0.717, 1.165) is 8.79 Å². The Morgan fingerprint density at radius 3 is 2.91 bits per heavy atom. The van der Waals surface area contributed by atoms with E-state index < -0.39 is 4.92 Å². The van der Waals surface area contributed by atoms with Crippen LogP contribution in [0.25, 0.3) is 0 Å². The first-order valence-corrected chi connectivity index (χ1v) is 7.81. The van der Waals surface area contributed by atoms with Gasteiger partial charge in [-0.05, 0) is 15.9 Å². The molecule has 0 spiro atoms. The van der Waals surface area contributed by atoms with E-state index in [9.17, 15) is 10.1 Å². The van der Waals surface area contributed by atoms with Gasteiger partial charge in [0.05, 0.1) is 23.7 Å². The molecule has 0 saturated carbocycles.